The van der Waals surface area contributed by atoms with E-state index in [1.165, 1.54) is 11.3 Å². The second-order valence-corrected chi connectivity index (χ2v) is 23.0. The van der Waals surface area contributed by atoms with Crippen LogP contribution in [0.5, 0.6) is 5.75 Å². The number of rotatable bonds is 13. The number of esters is 1. The van der Waals surface area contributed by atoms with Crippen molar-refractivity contribution in [2.45, 2.75) is 116 Å². The minimum atomic E-state index is -0.746. The number of para-hydroxylation sites is 2. The molecular weight excluding hydrogens is 991 g/mol. The van der Waals surface area contributed by atoms with E-state index in [1.54, 1.807) is 0 Å². The van der Waals surface area contributed by atoms with Crippen LogP contribution in [0.15, 0.2) is 91.0 Å². The van der Waals surface area contributed by atoms with Gasteiger partial charge in [-0.05, 0) is 138 Å². The molecular formula is C60H67N9O7S. The van der Waals surface area contributed by atoms with Gasteiger partial charge in [0.15, 0.2) is 10.8 Å². The molecule has 3 aliphatic heterocycles. The zero-order valence-electron chi connectivity index (χ0n) is 44.8. The van der Waals surface area contributed by atoms with Gasteiger partial charge in [-0.2, -0.15) is 5.10 Å². The molecule has 7 aromatic rings. The quantitative estimate of drug-likeness (QED) is 0.0826. The van der Waals surface area contributed by atoms with Crippen LogP contribution < -0.4 is 25.2 Å². The standard InChI is InChI=1S/C60H67N9O7S/c1-36(67-30-32-68(33-31-67)48-17-10-15-44-53(65-66(6)55(44)48)45-25-27-52(70)63-57(45)72)35-74-39-20-22-40(23-21-39)75-49-18-11-13-41(37(49)2)42-24-26-51(62-54(42)58(73)76-60(3,4)5)69-29-28-38-12-9-14-43(46(38)34-69)56(71)64-59-61-47-16-7-8-19-50(47)77-59/h7-19,24,26,36,39-40,45H,20-23,25,27-35H2,1-6H3,(H,61,64,71)(H,63,70,72)/t36-,39?,40?,45?/m0/s1. The van der Waals surface area contributed by atoms with E-state index >= 15 is 0 Å². The number of pyridine rings is 1. The van der Waals surface area contributed by atoms with Gasteiger partial charge < -0.3 is 24.0 Å². The number of piperazine rings is 1. The number of ether oxygens (including phenoxy) is 3. The van der Waals surface area contributed by atoms with Crippen molar-refractivity contribution in [3.8, 4) is 16.9 Å². The summed E-state index contributed by atoms with van der Waals surface area (Å²) in [6.45, 7) is 15.1. The van der Waals surface area contributed by atoms with Gasteiger partial charge in [0, 0.05) is 75.3 Å². The zero-order valence-corrected chi connectivity index (χ0v) is 45.6. The zero-order chi connectivity index (χ0) is 53.5. The Labute approximate surface area is 453 Å². The van der Waals surface area contributed by atoms with Gasteiger partial charge in [-0.25, -0.2) is 14.8 Å². The Hall–Kier alpha value is -7.21. The summed E-state index contributed by atoms with van der Waals surface area (Å²) in [7, 11) is 1.93. The molecule has 0 bridgehead atoms. The SMILES string of the molecule is Cc1c(OC2CCC(OC[C@H](C)N3CCN(c4cccc5c(C6CCC(=O)NC6=O)nn(C)c45)CC3)CC2)cccc1-c1ccc(N2CCc3cccc(C(=O)Nc4nc5ccccc5s4)c3C2)nc1C(=O)OC(C)(C)C. The number of hydrogen-bond donors (Lipinski definition) is 2. The molecule has 77 heavy (non-hydrogen) atoms. The topological polar surface area (TPSA) is 173 Å². The van der Waals surface area contributed by atoms with Crippen LogP contribution in [0, 0.1) is 6.92 Å². The lowest BCUT2D eigenvalue weighted by molar-refractivity contribution is -0.134. The third kappa shape index (κ3) is 11.0. The van der Waals surface area contributed by atoms with Crippen molar-refractivity contribution >= 4 is 72.8 Å². The lowest BCUT2D eigenvalue weighted by Gasteiger charge is -2.40. The smallest absolute Gasteiger partial charge is 0.358 e. The molecule has 2 saturated heterocycles. The number of thiazole rings is 1. The van der Waals surface area contributed by atoms with Crippen molar-refractivity contribution in [1.29, 1.82) is 0 Å². The number of amides is 3. The summed E-state index contributed by atoms with van der Waals surface area (Å²) in [6, 6.07) is 30.1. The van der Waals surface area contributed by atoms with Crippen LogP contribution in [0.25, 0.3) is 32.2 Å². The second-order valence-electron chi connectivity index (χ2n) is 22.0. The minimum absolute atomic E-state index is 0.0271. The molecule has 2 atom stereocenters. The Bertz CT molecular complexity index is 3350. The molecule has 0 spiro atoms. The summed E-state index contributed by atoms with van der Waals surface area (Å²) in [6.07, 6.45) is 5.24. The summed E-state index contributed by atoms with van der Waals surface area (Å²) in [5.41, 5.74) is 8.23. The first-order valence-corrected chi connectivity index (χ1v) is 27.9. The van der Waals surface area contributed by atoms with E-state index in [4.69, 9.17) is 24.3 Å². The van der Waals surface area contributed by atoms with Gasteiger partial charge in [-0.3, -0.25) is 34.6 Å². The van der Waals surface area contributed by atoms with Crippen LogP contribution in [-0.2, 0) is 39.1 Å². The molecule has 3 fully saturated rings. The number of nitrogens with zero attached hydrogens (tertiary/aromatic N) is 7. The summed E-state index contributed by atoms with van der Waals surface area (Å²) < 4.78 is 22.3. The maximum absolute atomic E-state index is 14.1. The van der Waals surface area contributed by atoms with E-state index < -0.39 is 17.5 Å². The normalized spacial score (nSPS) is 19.7. The van der Waals surface area contributed by atoms with Crippen LogP contribution in [-0.4, -0.2) is 112 Å². The van der Waals surface area contributed by atoms with Crippen LogP contribution in [0.2, 0.25) is 0 Å². The monoisotopic (exact) mass is 1060 g/mol. The molecule has 3 amide bonds. The van der Waals surface area contributed by atoms with Gasteiger partial charge in [0.2, 0.25) is 11.8 Å². The molecule has 1 saturated carbocycles. The highest BCUT2D eigenvalue weighted by Crippen LogP contribution is 2.39. The van der Waals surface area contributed by atoms with Gasteiger partial charge >= 0.3 is 5.97 Å². The molecule has 3 aromatic heterocycles. The first-order valence-electron chi connectivity index (χ1n) is 27.1. The van der Waals surface area contributed by atoms with E-state index in [0.717, 1.165) is 112 Å². The van der Waals surface area contributed by atoms with Crippen molar-refractivity contribution in [3.05, 3.63) is 125 Å². The van der Waals surface area contributed by atoms with E-state index in [-0.39, 0.29) is 41.7 Å². The maximum atomic E-state index is 14.1. The Balaban J connectivity index is 0.708. The molecule has 0 radical (unpaired) electrons. The predicted molar refractivity (Wildman–Crippen MR) is 300 cm³/mol. The third-order valence-corrected chi connectivity index (χ3v) is 16.6. The Morgan fingerprint density at radius 2 is 1.58 bits per heavy atom. The van der Waals surface area contributed by atoms with Crippen molar-refractivity contribution in [3.63, 3.8) is 0 Å². The fourth-order valence-corrected chi connectivity index (χ4v) is 12.4. The van der Waals surface area contributed by atoms with Gasteiger partial charge in [-0.1, -0.05) is 59.9 Å². The largest absolute Gasteiger partial charge is 0.490 e. The van der Waals surface area contributed by atoms with Crippen molar-refractivity contribution in [2.75, 3.05) is 54.4 Å². The molecule has 6 heterocycles. The lowest BCUT2D eigenvalue weighted by atomic mass is 9.92. The second kappa shape index (κ2) is 21.7. The molecule has 1 aliphatic carbocycles. The van der Waals surface area contributed by atoms with Crippen LogP contribution in [0.4, 0.5) is 16.6 Å². The number of nitrogens with one attached hydrogen (secondary N) is 2. The van der Waals surface area contributed by atoms with Gasteiger partial charge in [0.25, 0.3) is 5.91 Å². The Morgan fingerprint density at radius 3 is 2.36 bits per heavy atom. The number of carbonyl (C=O) groups is 4. The highest BCUT2D eigenvalue weighted by molar-refractivity contribution is 7.22. The molecule has 400 valence electrons. The van der Waals surface area contributed by atoms with Crippen molar-refractivity contribution in [1.82, 2.24) is 30.0 Å². The van der Waals surface area contributed by atoms with Gasteiger partial charge in [0.1, 0.15) is 17.2 Å². The third-order valence-electron chi connectivity index (χ3n) is 15.6. The molecule has 4 aliphatic rings. The Kier molecular flexibility index (Phi) is 14.6. The number of aryl methyl sites for hydroxylation is 1. The number of anilines is 3. The number of fused-ring (bicyclic) bond motifs is 3. The average molecular weight is 1060 g/mol. The van der Waals surface area contributed by atoms with E-state index in [9.17, 15) is 19.2 Å². The highest BCUT2D eigenvalue weighted by atomic mass is 32.1. The molecule has 16 nitrogen and oxygen atoms in total. The number of piperidine rings is 1. The minimum Gasteiger partial charge on any atom is -0.490 e. The predicted octanol–water partition coefficient (Wildman–Crippen LogP) is 9.76. The fourth-order valence-electron chi connectivity index (χ4n) is 11.5. The van der Waals surface area contributed by atoms with E-state index in [2.05, 4.69) is 49.4 Å². The van der Waals surface area contributed by atoms with Crippen LogP contribution in [0.3, 0.4) is 0 Å². The summed E-state index contributed by atoms with van der Waals surface area (Å²) in [5, 5.41) is 11.9. The summed E-state index contributed by atoms with van der Waals surface area (Å²) >= 11 is 1.45. The first-order chi connectivity index (χ1) is 37.1. The van der Waals surface area contributed by atoms with Crippen LogP contribution in [0.1, 0.15) is 115 Å². The Morgan fingerprint density at radius 1 is 0.818 bits per heavy atom. The summed E-state index contributed by atoms with van der Waals surface area (Å²) in [4.78, 5) is 69.3. The highest BCUT2D eigenvalue weighted by Gasteiger charge is 2.34. The number of hydrogen-bond acceptors (Lipinski definition) is 14. The van der Waals surface area contributed by atoms with Crippen molar-refractivity contribution in [2.24, 2.45) is 7.05 Å². The van der Waals surface area contributed by atoms with Gasteiger partial charge in [0.05, 0.1) is 51.8 Å². The van der Waals surface area contributed by atoms with Crippen LogP contribution >= 0.6 is 11.3 Å². The first kappa shape index (κ1) is 51.9. The molecule has 1 unspecified atom stereocenters. The molecule has 4 aromatic carbocycles. The number of aromatic nitrogens is 4. The molecule has 2 N–H and O–H groups in total. The van der Waals surface area contributed by atoms with Crippen molar-refractivity contribution < 1.29 is 33.4 Å². The summed E-state index contributed by atoms with van der Waals surface area (Å²) in [5.74, 6) is -0.250. The fraction of sp³-hybridized carbons (Fsp3) is 0.417. The van der Waals surface area contributed by atoms with E-state index in [1.807, 2.05) is 118 Å². The lowest BCUT2D eigenvalue weighted by Crippen LogP contribution is -2.51. The van der Waals surface area contributed by atoms with Gasteiger partial charge in [-0.15, -0.1) is 0 Å². The molecule has 17 heteroatoms. The maximum Gasteiger partial charge on any atom is 0.358 e. The molecule has 11 rings (SSSR count). The average Bonchev–Trinajstić information content (AvgIpc) is 4.04. The number of carbonyl (C=O) groups excluding carboxylic acids is 4. The number of imide groups is 1. The number of benzene rings is 4. The van der Waals surface area contributed by atoms with E-state index in [0.29, 0.717) is 61.0 Å².